The number of rotatable bonds is 18. The number of aryl methyl sites for hydroxylation is 1. The van der Waals surface area contributed by atoms with Gasteiger partial charge in [-0.3, -0.25) is 18.9 Å². The first-order valence-electron chi connectivity index (χ1n) is 26.9. The molecule has 97 heavy (non-hydrogen) atoms. The van der Waals surface area contributed by atoms with Crippen LogP contribution in [0.2, 0.25) is 0 Å². The number of carbonyl (C=O) groups excluding carboxylic acids is 3. The van der Waals surface area contributed by atoms with Gasteiger partial charge in [0, 0.05) is 99.9 Å². The largest absolute Gasteiger partial charge is 1.00 e. The van der Waals surface area contributed by atoms with E-state index in [9.17, 15) is 87.7 Å². The van der Waals surface area contributed by atoms with E-state index in [1.165, 1.54) is 35.2 Å². The van der Waals surface area contributed by atoms with Gasteiger partial charge in [-0.05, 0) is 97.1 Å². The van der Waals surface area contributed by atoms with E-state index in [0.717, 1.165) is 61.5 Å². The summed E-state index contributed by atoms with van der Waals surface area (Å²) < 4.78 is 197. The molecule has 0 aromatic heterocycles. The van der Waals surface area contributed by atoms with Gasteiger partial charge in [-0.25, -0.2) is 42.1 Å². The smallest absolute Gasteiger partial charge is 0.748 e. The molecule has 0 spiro atoms. The summed E-state index contributed by atoms with van der Waals surface area (Å²) in [5.41, 5.74) is 6.92. The van der Waals surface area contributed by atoms with Crippen molar-refractivity contribution in [2.75, 3.05) is 63.9 Å². The molecule has 0 radical (unpaired) electrons. The molecule has 3 amide bonds. The second kappa shape index (κ2) is 36.6. The van der Waals surface area contributed by atoms with Crippen LogP contribution in [0, 0.1) is 6.92 Å². The van der Waals surface area contributed by atoms with Gasteiger partial charge in [0.2, 0.25) is 5.69 Å². The maximum absolute atomic E-state index is 12.5. The Hall–Kier alpha value is -2.75. The summed E-state index contributed by atoms with van der Waals surface area (Å²) in [6.45, 7) is 4.63. The number of carbonyl (C=O) groups is 3. The van der Waals surface area contributed by atoms with Gasteiger partial charge >= 0.3 is 154 Å². The van der Waals surface area contributed by atoms with Gasteiger partial charge in [0.25, 0.3) is 27.8 Å². The minimum absolute atomic E-state index is 0. The van der Waals surface area contributed by atoms with Gasteiger partial charge in [0.1, 0.15) is 26.8 Å². The predicted molar refractivity (Wildman–Crippen MR) is 358 cm³/mol. The molecule has 8 aromatic carbocycles. The molecule has 0 saturated heterocycles. The zero-order chi connectivity index (χ0) is 64.9. The molecule has 0 fully saturated rings. The molecule has 0 aliphatic carbocycles. The molecule has 0 bridgehead atoms. The molecule has 4 heterocycles. The fraction of sp³-hybridized carbons (Fsp3) is 0.302. The standard InChI is InChI=1S/C15H15NO6S2.C15H15NO4S.C14H13NO7S2.C14H13NO4S.5CH4.3K/c1-10-11-4-2-5-12-14(24(20,21)22)7-6-13(15(11)12)16(10)8-3-9-23(17,18)19;1-10-6-7-13-14-11(10)4-2-5-12(14)15(17)16(13)8-3-9-21(18,19)20;16-14-10-4-1-3-9-12(24(20,21)22)6-5-11(13(9)10)15(14)7-2-8-23(17,18)19;16-14-11-6-1-4-10-5-2-7-12(13(10)11)15(14)8-3-9-20(17,18)19;;;;;;;;/h2,4-7H,3,8-9H2,1H3,(H-,17,18,19,20,21,22);2,4-7H,3,8-9H2,1H3,(H,18,19,20);1,3-6H,2,7-8H2,(H,17,18,19)(H,20,21,22);1-2,4-7H,3,8-9H2,(H,17,18,19);5*1H4;;;/q;;;;;;;;;3*+1/p-4. The fourth-order valence-corrected chi connectivity index (χ4v) is 14.7. The average molecular weight is 1530 g/mol. The van der Waals surface area contributed by atoms with E-state index in [1.807, 2.05) is 79.1 Å². The van der Waals surface area contributed by atoms with Crippen molar-refractivity contribution in [3.8, 4) is 0 Å². The minimum Gasteiger partial charge on any atom is -0.748 e. The number of nitrogens with zero attached hydrogens (tertiary/aromatic N) is 4. The molecule has 1 N–H and O–H groups in total. The van der Waals surface area contributed by atoms with Crippen molar-refractivity contribution in [1.29, 1.82) is 0 Å². The summed E-state index contributed by atoms with van der Waals surface area (Å²) in [7, 11) is -26.2. The summed E-state index contributed by atoms with van der Waals surface area (Å²) in [6.07, 6.45) is 0.449. The summed E-state index contributed by atoms with van der Waals surface area (Å²) in [4.78, 5) is 40.9. The molecule has 0 saturated carbocycles. The molecule has 510 valence electrons. The van der Waals surface area contributed by atoms with Crippen molar-refractivity contribution in [1.82, 2.24) is 0 Å². The Kier molecular flexibility index (Phi) is 34.8. The van der Waals surface area contributed by atoms with E-state index >= 15 is 0 Å². The van der Waals surface area contributed by atoms with Crippen LogP contribution < -0.4 is 169 Å². The third-order valence-electron chi connectivity index (χ3n) is 15.1. The van der Waals surface area contributed by atoms with Crippen molar-refractivity contribution >= 4 is 150 Å². The summed E-state index contributed by atoms with van der Waals surface area (Å²) in [5, 5.41) is 5.31. The number of hydrogen-bond acceptors (Lipinski definition) is 20. The number of hydrogen-bond donors (Lipinski definition) is 1. The maximum atomic E-state index is 12.5. The summed E-state index contributed by atoms with van der Waals surface area (Å²) >= 11 is 0. The Morgan fingerprint density at radius 2 is 0.742 bits per heavy atom. The van der Waals surface area contributed by atoms with Crippen molar-refractivity contribution < 1.29 is 251 Å². The molecule has 12 rings (SSSR count). The molecule has 8 aromatic rings. The Morgan fingerprint density at radius 1 is 0.392 bits per heavy atom. The normalized spacial score (nSPS) is 13.2. The number of benzene rings is 8. The van der Waals surface area contributed by atoms with E-state index in [2.05, 4.69) is 0 Å². The first-order chi connectivity index (χ1) is 41.5. The topological polar surface area (TPSA) is 404 Å². The molecule has 4 aliphatic rings. The maximum Gasteiger partial charge on any atom is 1.00 e. The quantitative estimate of drug-likeness (QED) is 0.0676. The SMILES string of the molecule is C.C.C.C.C.CC1=[N+](CCCS(=O)(=O)O)c2ccc(S(=O)(=O)[O-])c3cccc1c23.Cc1ccc2c3c(cccc13)C(=O)N2CCCS(=O)(=O)[O-].O=C1c2cccc3c(S(=O)(=O)[O-])ccc(c23)N1CCCS(=O)(=O)[O-].O=C1c2cccc3cccc(c23)N1CCCS(=O)(=O)[O-].[K+].[K+].[K+]. The fourth-order valence-electron chi connectivity index (χ4n) is 11.4. The molecular weight excluding hydrogens is 1460 g/mol. The van der Waals surface area contributed by atoms with Crippen LogP contribution in [-0.4, -0.2) is 155 Å². The van der Waals surface area contributed by atoms with Gasteiger partial charge in [-0.2, -0.15) is 13.0 Å². The van der Waals surface area contributed by atoms with Crippen LogP contribution >= 0.6 is 0 Å². The van der Waals surface area contributed by atoms with Crippen molar-refractivity contribution in [2.45, 2.75) is 86.5 Å². The van der Waals surface area contributed by atoms with Crippen LogP contribution in [0.25, 0.3) is 43.1 Å². The molecule has 0 atom stereocenters. The van der Waals surface area contributed by atoms with E-state index in [4.69, 9.17) is 4.55 Å². The second-order valence-electron chi connectivity index (χ2n) is 20.9. The van der Waals surface area contributed by atoms with Gasteiger partial charge in [0.05, 0.1) is 73.9 Å². The van der Waals surface area contributed by atoms with Gasteiger partial charge in [-0.15, -0.1) is 0 Å². The van der Waals surface area contributed by atoms with Crippen LogP contribution in [0.4, 0.5) is 22.7 Å². The Labute approximate surface area is 695 Å². The van der Waals surface area contributed by atoms with Crippen LogP contribution in [0.5, 0.6) is 0 Å². The Morgan fingerprint density at radius 3 is 1.16 bits per heavy atom. The zero-order valence-corrected chi connectivity index (χ0v) is 64.2. The molecule has 0 unspecified atom stereocenters. The molecule has 34 heteroatoms. The first kappa shape index (κ1) is 92.3. The second-order valence-corrected chi connectivity index (χ2v) is 29.8. The zero-order valence-electron chi connectivity index (χ0n) is 50.0. The number of anilines is 3. The predicted octanol–water partition coefficient (Wildman–Crippen LogP) is 0.0993. The van der Waals surface area contributed by atoms with E-state index in [-0.39, 0.29) is 270 Å². The molecule has 4 aliphatic heterocycles. The van der Waals surface area contributed by atoms with Crippen LogP contribution in [0.3, 0.4) is 0 Å². The summed E-state index contributed by atoms with van der Waals surface area (Å²) in [6, 6.07) is 35.3. The van der Waals surface area contributed by atoms with Gasteiger partial charge in [-0.1, -0.05) is 104 Å². The number of amides is 3. The molecule has 25 nitrogen and oxygen atoms in total. The van der Waals surface area contributed by atoms with Gasteiger partial charge < -0.3 is 37.5 Å². The minimum atomic E-state index is -4.71. The van der Waals surface area contributed by atoms with Crippen molar-refractivity contribution in [3.63, 3.8) is 0 Å². The van der Waals surface area contributed by atoms with Gasteiger partial charge in [0.15, 0.2) is 5.71 Å². The van der Waals surface area contributed by atoms with E-state index in [1.54, 1.807) is 40.1 Å². The van der Waals surface area contributed by atoms with E-state index < -0.39 is 88.8 Å². The van der Waals surface area contributed by atoms with E-state index in [0.29, 0.717) is 39.5 Å². The average Bonchev–Trinajstić information content (AvgIpc) is 1.64. The van der Waals surface area contributed by atoms with Crippen LogP contribution in [0.15, 0.2) is 137 Å². The third-order valence-corrected chi connectivity index (χ3v) is 20.1. The van der Waals surface area contributed by atoms with Crippen LogP contribution in [-0.2, 0) is 60.7 Å². The third kappa shape index (κ3) is 21.5. The Bertz CT molecular complexity index is 5060. The monoisotopic (exact) mass is 1530 g/mol. The first-order valence-corrected chi connectivity index (χ1v) is 36.1. The molecular formula is C63H72K3N4O21S6-. The van der Waals surface area contributed by atoms with Crippen LogP contribution in [0.1, 0.15) is 112 Å². The van der Waals surface area contributed by atoms with Crippen molar-refractivity contribution in [2.24, 2.45) is 0 Å². The summed E-state index contributed by atoms with van der Waals surface area (Å²) in [5.74, 6) is -2.58. The van der Waals surface area contributed by atoms with Crippen molar-refractivity contribution in [3.05, 3.63) is 155 Å². The Balaban J connectivity index is 0.000000631.